The number of halogens is 1. The van der Waals surface area contributed by atoms with Gasteiger partial charge in [-0.05, 0) is 49.1 Å². The van der Waals surface area contributed by atoms with Gasteiger partial charge in [0.05, 0.1) is 0 Å². The molecule has 0 unspecified atom stereocenters. The van der Waals surface area contributed by atoms with Crippen molar-refractivity contribution in [2.75, 3.05) is 0 Å². The topological polar surface area (TPSA) is 9.23 Å². The Morgan fingerprint density at radius 3 is 2.52 bits per heavy atom. The molecule has 3 rings (SSSR count). The molecule has 0 amide bonds. The molecule has 1 saturated carbocycles. The molecule has 106 valence electrons. The number of hydrogen-bond acceptors (Lipinski definition) is 1. The van der Waals surface area contributed by atoms with E-state index in [4.69, 9.17) is 16.3 Å². The first-order chi connectivity index (χ1) is 10.2. The Kier molecular flexibility index (Phi) is 4.15. The minimum absolute atomic E-state index is 0.540. The van der Waals surface area contributed by atoms with E-state index in [2.05, 4.69) is 18.7 Å². The third kappa shape index (κ3) is 3.78. The normalized spacial score (nSPS) is 12.8. The van der Waals surface area contributed by atoms with Crippen LogP contribution in [-0.2, 0) is 6.61 Å². The van der Waals surface area contributed by atoms with Crippen LogP contribution >= 0.6 is 11.6 Å². The maximum Gasteiger partial charge on any atom is 0.127 e. The minimum Gasteiger partial charge on any atom is -0.488 e. The first-order valence-corrected chi connectivity index (χ1v) is 7.52. The highest BCUT2D eigenvalue weighted by Crippen LogP contribution is 2.31. The molecule has 1 aliphatic rings. The highest BCUT2D eigenvalue weighted by atomic mass is 35.5. The van der Waals surface area contributed by atoms with E-state index in [-0.39, 0.29) is 0 Å². The van der Waals surface area contributed by atoms with Crippen LogP contribution < -0.4 is 4.74 Å². The average Bonchev–Trinajstić information content (AvgIpc) is 3.31. The molecule has 0 spiro atoms. The molecule has 21 heavy (non-hydrogen) atoms. The lowest BCUT2D eigenvalue weighted by Crippen LogP contribution is -1.97. The summed E-state index contributed by atoms with van der Waals surface area (Å²) in [6.45, 7) is 2.63. The molecule has 0 radical (unpaired) electrons. The number of benzene rings is 2. The first-order valence-electron chi connectivity index (χ1n) is 7.14. The predicted molar refractivity (Wildman–Crippen MR) is 87.6 cm³/mol. The number of hydrogen-bond donors (Lipinski definition) is 0. The van der Waals surface area contributed by atoms with Crippen LogP contribution in [0.4, 0.5) is 0 Å². The second-order valence-corrected chi connectivity index (χ2v) is 5.70. The number of ether oxygens (including phenoxy) is 1. The van der Waals surface area contributed by atoms with Crippen molar-refractivity contribution in [3.63, 3.8) is 0 Å². The zero-order valence-corrected chi connectivity index (χ0v) is 12.8. The Hall–Kier alpha value is -1.95. The summed E-state index contributed by atoms with van der Waals surface area (Å²) >= 11 is 5.90. The second-order valence-electron chi connectivity index (χ2n) is 5.26. The SMILES string of the molecule is CC(=C=C1CC1)c1ccccc1OCc1ccc(Cl)cc1. The quantitative estimate of drug-likeness (QED) is 0.663. The zero-order chi connectivity index (χ0) is 14.7. The molecule has 1 aliphatic carbocycles. The van der Waals surface area contributed by atoms with Crippen molar-refractivity contribution in [3.8, 4) is 5.75 Å². The van der Waals surface area contributed by atoms with Gasteiger partial charge in [-0.1, -0.05) is 41.9 Å². The summed E-state index contributed by atoms with van der Waals surface area (Å²) in [5.74, 6) is 0.902. The molecule has 1 nitrogen and oxygen atoms in total. The van der Waals surface area contributed by atoms with Crippen molar-refractivity contribution in [2.24, 2.45) is 0 Å². The van der Waals surface area contributed by atoms with Crippen LogP contribution in [-0.4, -0.2) is 0 Å². The lowest BCUT2D eigenvalue weighted by molar-refractivity contribution is 0.305. The third-order valence-electron chi connectivity index (χ3n) is 3.46. The van der Waals surface area contributed by atoms with E-state index in [0.717, 1.165) is 27.5 Å². The van der Waals surface area contributed by atoms with Gasteiger partial charge in [0, 0.05) is 16.2 Å². The summed E-state index contributed by atoms with van der Waals surface area (Å²) in [7, 11) is 0. The molecule has 0 atom stereocenters. The molecular weight excluding hydrogens is 280 g/mol. The fourth-order valence-electron chi connectivity index (χ4n) is 2.16. The summed E-state index contributed by atoms with van der Waals surface area (Å²) in [5, 5.41) is 0.744. The van der Waals surface area contributed by atoms with Crippen LogP contribution in [0, 0.1) is 0 Å². The average molecular weight is 297 g/mol. The first kappa shape index (κ1) is 14.0. The fraction of sp³-hybridized carbons (Fsp3) is 0.211. The summed E-state index contributed by atoms with van der Waals surface area (Å²) in [4.78, 5) is 0. The molecule has 1 fully saturated rings. The lowest BCUT2D eigenvalue weighted by atomic mass is 10.1. The Morgan fingerprint density at radius 1 is 1.10 bits per heavy atom. The van der Waals surface area contributed by atoms with Crippen LogP contribution in [0.25, 0.3) is 5.57 Å². The largest absolute Gasteiger partial charge is 0.488 e. The maximum absolute atomic E-state index is 5.97. The van der Waals surface area contributed by atoms with Gasteiger partial charge < -0.3 is 4.74 Å². The van der Waals surface area contributed by atoms with Gasteiger partial charge in [-0.15, -0.1) is 5.73 Å². The number of para-hydroxylation sites is 1. The van der Waals surface area contributed by atoms with Crippen LogP contribution in [0.1, 0.15) is 30.9 Å². The second kappa shape index (κ2) is 6.22. The van der Waals surface area contributed by atoms with Gasteiger partial charge in [0.25, 0.3) is 0 Å². The van der Waals surface area contributed by atoms with Crippen molar-refractivity contribution in [3.05, 3.63) is 76.0 Å². The molecule has 0 aromatic heterocycles. The molecule has 0 saturated heterocycles. The fourth-order valence-corrected chi connectivity index (χ4v) is 2.29. The van der Waals surface area contributed by atoms with Crippen molar-refractivity contribution in [1.29, 1.82) is 0 Å². The molecule has 2 aromatic rings. The highest BCUT2D eigenvalue weighted by Gasteiger charge is 2.11. The summed E-state index contributed by atoms with van der Waals surface area (Å²) in [5.41, 5.74) is 8.23. The van der Waals surface area contributed by atoms with Crippen molar-refractivity contribution in [1.82, 2.24) is 0 Å². The van der Waals surface area contributed by atoms with Gasteiger partial charge >= 0.3 is 0 Å². The summed E-state index contributed by atoms with van der Waals surface area (Å²) in [6, 6.07) is 15.9. The van der Waals surface area contributed by atoms with Crippen molar-refractivity contribution < 1.29 is 4.74 Å². The smallest absolute Gasteiger partial charge is 0.127 e. The molecule has 2 aromatic carbocycles. The van der Waals surface area contributed by atoms with E-state index >= 15 is 0 Å². The van der Waals surface area contributed by atoms with Crippen LogP contribution in [0.2, 0.25) is 5.02 Å². The van der Waals surface area contributed by atoms with Gasteiger partial charge in [-0.3, -0.25) is 0 Å². The van der Waals surface area contributed by atoms with Gasteiger partial charge in [0.2, 0.25) is 0 Å². The van der Waals surface area contributed by atoms with Crippen LogP contribution in [0.5, 0.6) is 5.75 Å². The molecular formula is C19H17ClO. The van der Waals surface area contributed by atoms with Gasteiger partial charge in [-0.25, -0.2) is 0 Å². The number of allylic oxidation sites excluding steroid dienone is 1. The standard InChI is InChI=1S/C19H17ClO/c1-14(12-15-6-7-15)18-4-2-3-5-19(18)21-13-16-8-10-17(20)11-9-16/h2-5,8-11H,6-7,13H2,1H3. The van der Waals surface area contributed by atoms with E-state index in [0.29, 0.717) is 6.61 Å². The van der Waals surface area contributed by atoms with E-state index < -0.39 is 0 Å². The predicted octanol–water partition coefficient (Wildman–Crippen LogP) is 5.64. The van der Waals surface area contributed by atoms with E-state index in [1.807, 2.05) is 42.5 Å². The Bertz CT molecular complexity index is 701. The van der Waals surface area contributed by atoms with E-state index in [1.54, 1.807) is 0 Å². The lowest BCUT2D eigenvalue weighted by Gasteiger charge is -2.11. The molecule has 0 heterocycles. The summed E-state index contributed by atoms with van der Waals surface area (Å²) < 4.78 is 5.97. The Balaban J connectivity index is 1.79. The van der Waals surface area contributed by atoms with E-state index in [1.165, 1.54) is 18.4 Å². The molecule has 0 N–H and O–H groups in total. The van der Waals surface area contributed by atoms with Gasteiger partial charge in [0.1, 0.15) is 12.4 Å². The molecule has 2 heteroatoms. The van der Waals surface area contributed by atoms with Crippen molar-refractivity contribution >= 4 is 17.2 Å². The van der Waals surface area contributed by atoms with Gasteiger partial charge in [0.15, 0.2) is 0 Å². The zero-order valence-electron chi connectivity index (χ0n) is 12.0. The van der Waals surface area contributed by atoms with Crippen LogP contribution in [0.3, 0.4) is 0 Å². The third-order valence-corrected chi connectivity index (χ3v) is 3.71. The minimum atomic E-state index is 0.540. The number of rotatable bonds is 4. The Morgan fingerprint density at radius 2 is 1.81 bits per heavy atom. The van der Waals surface area contributed by atoms with E-state index in [9.17, 15) is 0 Å². The molecule has 0 aliphatic heterocycles. The van der Waals surface area contributed by atoms with Crippen LogP contribution in [0.15, 0.2) is 59.8 Å². The monoisotopic (exact) mass is 296 g/mol. The Labute approximate surface area is 130 Å². The molecule has 0 bridgehead atoms. The summed E-state index contributed by atoms with van der Waals surface area (Å²) in [6.07, 6.45) is 2.37. The van der Waals surface area contributed by atoms with Crippen molar-refractivity contribution in [2.45, 2.75) is 26.4 Å². The van der Waals surface area contributed by atoms with Gasteiger partial charge in [-0.2, -0.15) is 0 Å². The maximum atomic E-state index is 5.97. The highest BCUT2D eigenvalue weighted by molar-refractivity contribution is 6.30.